The lowest BCUT2D eigenvalue weighted by Crippen LogP contribution is -2.34. The van der Waals surface area contributed by atoms with Gasteiger partial charge in [0.25, 0.3) is 11.5 Å². The quantitative estimate of drug-likeness (QED) is 0.450. The van der Waals surface area contributed by atoms with Crippen LogP contribution >= 0.6 is 0 Å². The number of ether oxygens (including phenoxy) is 2. The van der Waals surface area contributed by atoms with E-state index in [9.17, 15) is 9.59 Å². The van der Waals surface area contributed by atoms with E-state index in [0.717, 1.165) is 29.7 Å². The van der Waals surface area contributed by atoms with Crippen LogP contribution in [0.2, 0.25) is 0 Å². The number of fused-ring (bicyclic) bond motifs is 2. The van der Waals surface area contributed by atoms with E-state index in [-0.39, 0.29) is 17.5 Å². The molecule has 7 heteroatoms. The average molecular weight is 468 g/mol. The molecule has 1 unspecified atom stereocenters. The van der Waals surface area contributed by atoms with Gasteiger partial charge in [-0.05, 0) is 42.2 Å². The Morgan fingerprint density at radius 2 is 1.66 bits per heavy atom. The van der Waals surface area contributed by atoms with Crippen LogP contribution in [-0.2, 0) is 6.54 Å². The van der Waals surface area contributed by atoms with Gasteiger partial charge >= 0.3 is 0 Å². The molecule has 4 aromatic rings. The molecule has 35 heavy (non-hydrogen) atoms. The predicted octanol–water partition coefficient (Wildman–Crippen LogP) is 4.19. The van der Waals surface area contributed by atoms with Crippen LogP contribution in [0.3, 0.4) is 0 Å². The third-order valence-electron chi connectivity index (χ3n) is 6.71. The van der Waals surface area contributed by atoms with Gasteiger partial charge < -0.3 is 14.4 Å². The maximum Gasteiger partial charge on any atom is 0.275 e. The van der Waals surface area contributed by atoms with Crippen molar-refractivity contribution in [2.45, 2.75) is 25.4 Å². The highest BCUT2D eigenvalue weighted by atomic mass is 16.6. The summed E-state index contributed by atoms with van der Waals surface area (Å²) in [5.74, 6) is 1.28. The lowest BCUT2D eigenvalue weighted by molar-refractivity contribution is 0.0728. The number of carbonyl (C=O) groups excluding carboxylic acids is 1. The molecule has 7 nitrogen and oxygen atoms in total. The van der Waals surface area contributed by atoms with Gasteiger partial charge in [-0.15, -0.1) is 0 Å². The van der Waals surface area contributed by atoms with Gasteiger partial charge in [-0.3, -0.25) is 9.59 Å². The number of aromatic nitrogens is 2. The summed E-state index contributed by atoms with van der Waals surface area (Å²) in [6.07, 6.45) is 1.75. The van der Waals surface area contributed by atoms with E-state index < -0.39 is 0 Å². The Hall–Kier alpha value is -4.13. The van der Waals surface area contributed by atoms with Gasteiger partial charge in [-0.25, -0.2) is 4.68 Å². The number of hydrogen-bond donors (Lipinski definition) is 0. The van der Waals surface area contributed by atoms with Crippen LogP contribution < -0.4 is 15.0 Å². The molecule has 1 atom stereocenters. The van der Waals surface area contributed by atoms with Gasteiger partial charge in [0.15, 0.2) is 17.2 Å². The summed E-state index contributed by atoms with van der Waals surface area (Å²) >= 11 is 0. The molecule has 0 radical (unpaired) electrons. The number of rotatable bonds is 4. The van der Waals surface area contributed by atoms with Crippen LogP contribution in [0.15, 0.2) is 77.6 Å². The first kappa shape index (κ1) is 21.4. The maximum atomic E-state index is 13.9. The van der Waals surface area contributed by atoms with Crippen LogP contribution in [-0.4, -0.2) is 40.3 Å². The molecule has 6 rings (SSSR count). The largest absolute Gasteiger partial charge is 0.486 e. The maximum absolute atomic E-state index is 13.9. The van der Waals surface area contributed by atoms with Crippen LogP contribution in [0.4, 0.5) is 0 Å². The minimum absolute atomic E-state index is 0.0895. The summed E-state index contributed by atoms with van der Waals surface area (Å²) in [4.78, 5) is 29.0. The smallest absolute Gasteiger partial charge is 0.275 e. The monoisotopic (exact) mass is 467 g/mol. The Bertz CT molecular complexity index is 1460. The molecule has 0 spiro atoms. The van der Waals surface area contributed by atoms with Gasteiger partial charge in [0.1, 0.15) is 13.2 Å². The first-order valence-corrected chi connectivity index (χ1v) is 11.9. The SMILES string of the molecule is O=C(c1nn(Cc2ccccc2)c(=O)c2ccccc12)N1CCCC1c1ccc2c(c1)OCCO2. The number of likely N-dealkylation sites (tertiary alicyclic amines) is 1. The Labute approximate surface area is 202 Å². The van der Waals surface area contributed by atoms with E-state index in [1.54, 1.807) is 12.1 Å². The summed E-state index contributed by atoms with van der Waals surface area (Å²) in [5.41, 5.74) is 2.07. The zero-order valence-electron chi connectivity index (χ0n) is 19.2. The molecule has 0 aliphatic carbocycles. The molecular formula is C28H25N3O4. The molecule has 3 heterocycles. The molecule has 3 aromatic carbocycles. The van der Waals surface area contributed by atoms with Crippen molar-refractivity contribution < 1.29 is 14.3 Å². The van der Waals surface area contributed by atoms with Crippen molar-refractivity contribution in [3.63, 3.8) is 0 Å². The van der Waals surface area contributed by atoms with Crippen LogP contribution in [0.5, 0.6) is 11.5 Å². The van der Waals surface area contributed by atoms with Crippen molar-refractivity contribution in [1.29, 1.82) is 0 Å². The average Bonchev–Trinajstić information content (AvgIpc) is 3.40. The van der Waals surface area contributed by atoms with Crippen LogP contribution in [0.1, 0.15) is 40.5 Å². The topological polar surface area (TPSA) is 73.7 Å². The fourth-order valence-corrected chi connectivity index (χ4v) is 5.02. The molecule has 1 saturated heterocycles. The zero-order chi connectivity index (χ0) is 23.8. The van der Waals surface area contributed by atoms with Crippen molar-refractivity contribution in [2.24, 2.45) is 0 Å². The standard InChI is InChI=1S/C28H25N3O4/c32-27-22-10-5-4-9-21(22)26(29-31(27)18-19-7-2-1-3-8-19)28(33)30-14-6-11-23(30)20-12-13-24-25(17-20)35-16-15-34-24/h1-5,7-10,12-13,17,23H,6,11,14-16,18H2. The number of benzene rings is 3. The number of amides is 1. The lowest BCUT2D eigenvalue weighted by atomic mass is 10.0. The van der Waals surface area contributed by atoms with E-state index in [2.05, 4.69) is 5.10 Å². The van der Waals surface area contributed by atoms with Gasteiger partial charge in [0, 0.05) is 11.9 Å². The van der Waals surface area contributed by atoms with Crippen LogP contribution in [0.25, 0.3) is 10.8 Å². The van der Waals surface area contributed by atoms with E-state index in [0.29, 0.717) is 48.5 Å². The van der Waals surface area contributed by atoms with Crippen LogP contribution in [0, 0.1) is 0 Å². The third-order valence-corrected chi connectivity index (χ3v) is 6.71. The van der Waals surface area contributed by atoms with Crippen molar-refractivity contribution in [1.82, 2.24) is 14.7 Å². The molecule has 1 amide bonds. The lowest BCUT2D eigenvalue weighted by Gasteiger charge is -2.27. The first-order valence-electron chi connectivity index (χ1n) is 11.9. The fraction of sp³-hybridized carbons (Fsp3) is 0.250. The second-order valence-corrected chi connectivity index (χ2v) is 8.90. The van der Waals surface area contributed by atoms with E-state index in [1.807, 2.05) is 65.6 Å². The summed E-state index contributed by atoms with van der Waals surface area (Å²) < 4.78 is 12.8. The predicted molar refractivity (Wildman–Crippen MR) is 132 cm³/mol. The van der Waals surface area contributed by atoms with E-state index in [4.69, 9.17) is 9.47 Å². The highest BCUT2D eigenvalue weighted by Crippen LogP contribution is 2.38. The molecule has 0 saturated carbocycles. The summed E-state index contributed by atoms with van der Waals surface area (Å²) in [6, 6.07) is 22.7. The van der Waals surface area contributed by atoms with E-state index in [1.165, 1.54) is 4.68 Å². The van der Waals surface area contributed by atoms with Gasteiger partial charge in [0.2, 0.25) is 0 Å². The second kappa shape index (κ2) is 8.91. The second-order valence-electron chi connectivity index (χ2n) is 8.90. The molecule has 0 bridgehead atoms. The number of hydrogen-bond acceptors (Lipinski definition) is 5. The van der Waals surface area contributed by atoms with Crippen molar-refractivity contribution in [3.8, 4) is 11.5 Å². The Kier molecular flexibility index (Phi) is 5.45. The van der Waals surface area contributed by atoms with Crippen molar-refractivity contribution in [3.05, 3.63) is 100.0 Å². The number of nitrogens with zero attached hydrogens (tertiary/aromatic N) is 3. The van der Waals surface area contributed by atoms with Gasteiger partial charge in [-0.2, -0.15) is 5.10 Å². The summed E-state index contributed by atoms with van der Waals surface area (Å²) in [5, 5.41) is 5.69. The highest BCUT2D eigenvalue weighted by Gasteiger charge is 2.33. The Balaban J connectivity index is 1.39. The Morgan fingerprint density at radius 1 is 0.914 bits per heavy atom. The fourth-order valence-electron chi connectivity index (χ4n) is 5.02. The van der Waals surface area contributed by atoms with Gasteiger partial charge in [-0.1, -0.05) is 54.6 Å². The molecule has 1 aromatic heterocycles. The first-order chi connectivity index (χ1) is 17.2. The zero-order valence-corrected chi connectivity index (χ0v) is 19.2. The third kappa shape index (κ3) is 3.93. The normalized spacial score (nSPS) is 17.0. The van der Waals surface area contributed by atoms with Gasteiger partial charge in [0.05, 0.1) is 18.0 Å². The molecule has 2 aliphatic rings. The minimum atomic E-state index is -0.203. The van der Waals surface area contributed by atoms with Crippen molar-refractivity contribution >= 4 is 16.7 Å². The summed E-state index contributed by atoms with van der Waals surface area (Å²) in [6.45, 7) is 1.99. The Morgan fingerprint density at radius 3 is 2.49 bits per heavy atom. The molecule has 1 fully saturated rings. The molecule has 2 aliphatic heterocycles. The summed E-state index contributed by atoms with van der Waals surface area (Å²) in [7, 11) is 0. The molecule has 176 valence electrons. The van der Waals surface area contributed by atoms with E-state index >= 15 is 0 Å². The molecular weight excluding hydrogens is 442 g/mol. The van der Waals surface area contributed by atoms with Crippen molar-refractivity contribution in [2.75, 3.05) is 19.8 Å². The minimum Gasteiger partial charge on any atom is -0.486 e. The highest BCUT2D eigenvalue weighted by molar-refractivity contribution is 6.05. The number of carbonyl (C=O) groups is 1. The molecule has 0 N–H and O–H groups in total.